The molecule has 2 heterocycles. The number of H-pyrrole nitrogens is 1. The Morgan fingerprint density at radius 2 is 2.16 bits per heavy atom. The Bertz CT molecular complexity index is 785. The number of benzene rings is 1. The molecular formula is C12H12N6O. The first-order valence-electron chi connectivity index (χ1n) is 5.72. The standard InChI is InChI=1S/C12H12N6O/c1-6-8-4-3-7(5-9(8)16-18(6)2)10-11(12(13)19)15-17-14-10/h3-5H,1-2H3,(H2,13,19)(H,14,15,17). The largest absolute Gasteiger partial charge is 0.364 e. The number of fused-ring (bicyclic) bond motifs is 1. The Balaban J connectivity index is 2.20. The van der Waals surface area contributed by atoms with Crippen molar-refractivity contribution < 1.29 is 4.79 Å². The molecule has 0 spiro atoms. The lowest BCUT2D eigenvalue weighted by molar-refractivity contribution is 0.0996. The number of carbonyl (C=O) groups excluding carboxylic acids is 1. The smallest absolute Gasteiger partial charge is 0.271 e. The highest BCUT2D eigenvalue weighted by Gasteiger charge is 2.16. The Kier molecular flexibility index (Phi) is 2.34. The summed E-state index contributed by atoms with van der Waals surface area (Å²) in [7, 11) is 1.89. The molecule has 0 aliphatic heterocycles. The quantitative estimate of drug-likeness (QED) is 0.706. The molecule has 1 aromatic carbocycles. The Morgan fingerprint density at radius 3 is 2.89 bits per heavy atom. The van der Waals surface area contributed by atoms with E-state index in [4.69, 9.17) is 5.73 Å². The number of aromatic nitrogens is 5. The minimum Gasteiger partial charge on any atom is -0.364 e. The van der Waals surface area contributed by atoms with Crippen molar-refractivity contribution in [3.8, 4) is 11.3 Å². The molecule has 0 fully saturated rings. The summed E-state index contributed by atoms with van der Waals surface area (Å²) in [6.07, 6.45) is 0. The predicted octanol–water partition coefficient (Wildman–Crippen LogP) is 0.766. The second kappa shape index (κ2) is 3.91. The molecule has 0 atom stereocenters. The van der Waals surface area contributed by atoms with Crippen molar-refractivity contribution in [1.82, 2.24) is 25.2 Å². The molecule has 3 aromatic rings. The average Bonchev–Trinajstić information content (AvgIpc) is 2.95. The van der Waals surface area contributed by atoms with Crippen LogP contribution in [0.15, 0.2) is 18.2 Å². The van der Waals surface area contributed by atoms with E-state index < -0.39 is 5.91 Å². The fourth-order valence-electron chi connectivity index (χ4n) is 2.08. The lowest BCUT2D eigenvalue weighted by Crippen LogP contribution is -2.12. The van der Waals surface area contributed by atoms with Gasteiger partial charge in [0.05, 0.1) is 5.52 Å². The van der Waals surface area contributed by atoms with Gasteiger partial charge in [-0.05, 0) is 13.0 Å². The molecule has 0 radical (unpaired) electrons. The highest BCUT2D eigenvalue weighted by molar-refractivity contribution is 5.97. The van der Waals surface area contributed by atoms with Crippen LogP contribution in [0.3, 0.4) is 0 Å². The molecule has 2 aromatic heterocycles. The van der Waals surface area contributed by atoms with E-state index in [1.165, 1.54) is 0 Å². The summed E-state index contributed by atoms with van der Waals surface area (Å²) in [6.45, 7) is 2.00. The second-order valence-corrected chi connectivity index (χ2v) is 4.33. The number of carbonyl (C=O) groups is 1. The van der Waals surface area contributed by atoms with E-state index in [2.05, 4.69) is 20.5 Å². The summed E-state index contributed by atoms with van der Waals surface area (Å²) in [4.78, 5) is 11.3. The van der Waals surface area contributed by atoms with Crippen LogP contribution in [0.4, 0.5) is 0 Å². The summed E-state index contributed by atoms with van der Waals surface area (Å²) in [5, 5.41) is 15.6. The van der Waals surface area contributed by atoms with E-state index in [-0.39, 0.29) is 5.69 Å². The third kappa shape index (κ3) is 1.67. The van der Waals surface area contributed by atoms with Gasteiger partial charge in [0, 0.05) is 23.7 Å². The number of amides is 1. The third-order valence-corrected chi connectivity index (χ3v) is 3.19. The zero-order valence-electron chi connectivity index (χ0n) is 10.5. The van der Waals surface area contributed by atoms with Gasteiger partial charge in [-0.2, -0.15) is 20.5 Å². The summed E-state index contributed by atoms with van der Waals surface area (Å²) >= 11 is 0. The summed E-state index contributed by atoms with van der Waals surface area (Å²) < 4.78 is 1.81. The van der Waals surface area contributed by atoms with Crippen LogP contribution < -0.4 is 5.73 Å². The van der Waals surface area contributed by atoms with Gasteiger partial charge in [-0.25, -0.2) is 0 Å². The van der Waals surface area contributed by atoms with Crippen molar-refractivity contribution in [1.29, 1.82) is 0 Å². The maximum absolute atomic E-state index is 11.3. The van der Waals surface area contributed by atoms with Crippen LogP contribution in [0.25, 0.3) is 22.2 Å². The summed E-state index contributed by atoms with van der Waals surface area (Å²) in [5.74, 6) is -0.610. The number of nitrogens with two attached hydrogens (primary N) is 1. The van der Waals surface area contributed by atoms with Gasteiger partial charge in [0.1, 0.15) is 5.69 Å². The summed E-state index contributed by atoms with van der Waals surface area (Å²) in [5.41, 5.74) is 8.51. The number of hydrogen-bond acceptors (Lipinski definition) is 4. The highest BCUT2D eigenvalue weighted by atomic mass is 16.1. The van der Waals surface area contributed by atoms with Gasteiger partial charge in [-0.15, -0.1) is 0 Å². The van der Waals surface area contributed by atoms with Crippen LogP contribution in [0.1, 0.15) is 16.2 Å². The maximum atomic E-state index is 11.3. The van der Waals surface area contributed by atoms with Crippen LogP contribution >= 0.6 is 0 Å². The molecule has 7 nitrogen and oxygen atoms in total. The second-order valence-electron chi connectivity index (χ2n) is 4.33. The van der Waals surface area contributed by atoms with Crippen LogP contribution in [-0.4, -0.2) is 31.1 Å². The fraction of sp³-hybridized carbons (Fsp3) is 0.167. The first-order chi connectivity index (χ1) is 9.08. The zero-order valence-corrected chi connectivity index (χ0v) is 10.5. The summed E-state index contributed by atoms with van der Waals surface area (Å²) in [6, 6.07) is 5.69. The number of aryl methyl sites for hydroxylation is 2. The van der Waals surface area contributed by atoms with Gasteiger partial charge < -0.3 is 5.73 Å². The maximum Gasteiger partial charge on any atom is 0.271 e. The Labute approximate surface area is 108 Å². The number of hydrogen-bond donors (Lipinski definition) is 2. The van der Waals surface area contributed by atoms with Gasteiger partial charge >= 0.3 is 0 Å². The molecule has 1 amide bonds. The van der Waals surface area contributed by atoms with E-state index in [9.17, 15) is 4.79 Å². The molecule has 0 bridgehead atoms. The normalized spacial score (nSPS) is 11.1. The molecular weight excluding hydrogens is 244 g/mol. The number of nitrogens with one attached hydrogen (secondary N) is 1. The molecule has 0 aliphatic carbocycles. The number of aromatic amines is 1. The van der Waals surface area contributed by atoms with Crippen LogP contribution in [0.2, 0.25) is 0 Å². The van der Waals surface area contributed by atoms with Gasteiger partial charge in [-0.3, -0.25) is 9.48 Å². The SMILES string of the molecule is Cc1c2ccc(-c3n[nH]nc3C(N)=O)cc2nn1C. The van der Waals surface area contributed by atoms with Crippen LogP contribution in [0, 0.1) is 6.92 Å². The lowest BCUT2D eigenvalue weighted by Gasteiger charge is -1.98. The van der Waals surface area contributed by atoms with Gasteiger partial charge in [0.25, 0.3) is 5.91 Å². The third-order valence-electron chi connectivity index (χ3n) is 3.19. The van der Waals surface area contributed by atoms with Crippen LogP contribution in [-0.2, 0) is 7.05 Å². The van der Waals surface area contributed by atoms with Crippen molar-refractivity contribution in [2.24, 2.45) is 12.8 Å². The molecule has 0 unspecified atom stereocenters. The minimum atomic E-state index is -0.610. The van der Waals surface area contributed by atoms with E-state index in [0.29, 0.717) is 5.69 Å². The van der Waals surface area contributed by atoms with Gasteiger partial charge in [0.15, 0.2) is 5.69 Å². The zero-order chi connectivity index (χ0) is 13.6. The number of primary amides is 1. The topological polar surface area (TPSA) is 102 Å². The molecule has 7 heteroatoms. The molecule has 96 valence electrons. The fourth-order valence-corrected chi connectivity index (χ4v) is 2.08. The predicted molar refractivity (Wildman–Crippen MR) is 69.3 cm³/mol. The molecule has 3 rings (SSSR count). The first-order valence-corrected chi connectivity index (χ1v) is 5.72. The van der Waals surface area contributed by atoms with Crippen molar-refractivity contribution in [2.45, 2.75) is 6.92 Å². The number of rotatable bonds is 2. The lowest BCUT2D eigenvalue weighted by atomic mass is 10.1. The van der Waals surface area contributed by atoms with Crippen molar-refractivity contribution >= 4 is 16.8 Å². The first kappa shape index (κ1) is 11.4. The Morgan fingerprint density at radius 1 is 1.37 bits per heavy atom. The van der Waals surface area contributed by atoms with E-state index in [1.807, 2.05) is 36.9 Å². The molecule has 3 N–H and O–H groups in total. The highest BCUT2D eigenvalue weighted by Crippen LogP contribution is 2.25. The van der Waals surface area contributed by atoms with E-state index >= 15 is 0 Å². The van der Waals surface area contributed by atoms with E-state index in [0.717, 1.165) is 22.2 Å². The molecule has 0 saturated carbocycles. The molecule has 0 saturated heterocycles. The van der Waals surface area contributed by atoms with Crippen molar-refractivity contribution in [3.63, 3.8) is 0 Å². The van der Waals surface area contributed by atoms with Crippen molar-refractivity contribution in [3.05, 3.63) is 29.6 Å². The Hall–Kier alpha value is -2.70. The number of nitrogens with zero attached hydrogens (tertiary/aromatic N) is 4. The van der Waals surface area contributed by atoms with Crippen molar-refractivity contribution in [2.75, 3.05) is 0 Å². The average molecular weight is 256 g/mol. The van der Waals surface area contributed by atoms with Gasteiger partial charge in [-0.1, -0.05) is 12.1 Å². The molecule has 0 aliphatic rings. The van der Waals surface area contributed by atoms with E-state index in [1.54, 1.807) is 0 Å². The van der Waals surface area contributed by atoms with Gasteiger partial charge in [0.2, 0.25) is 0 Å². The monoisotopic (exact) mass is 256 g/mol. The van der Waals surface area contributed by atoms with Crippen LogP contribution in [0.5, 0.6) is 0 Å². The minimum absolute atomic E-state index is 0.131. The molecule has 19 heavy (non-hydrogen) atoms.